The third kappa shape index (κ3) is 4.01. The van der Waals surface area contributed by atoms with E-state index in [4.69, 9.17) is 4.74 Å². The molecular formula is C18H20N4O3S. The lowest BCUT2D eigenvalue weighted by molar-refractivity contribution is -0.116. The Morgan fingerprint density at radius 1 is 1.38 bits per heavy atom. The van der Waals surface area contributed by atoms with Crippen LogP contribution in [0, 0.1) is 5.92 Å². The van der Waals surface area contributed by atoms with E-state index in [1.54, 1.807) is 30.2 Å². The van der Waals surface area contributed by atoms with Crippen molar-refractivity contribution in [3.8, 4) is 5.82 Å². The molecule has 0 bridgehead atoms. The third-order valence-corrected chi connectivity index (χ3v) is 4.53. The Morgan fingerprint density at radius 3 is 2.81 bits per heavy atom. The molecule has 0 amide bonds. The van der Waals surface area contributed by atoms with Gasteiger partial charge in [-0.1, -0.05) is 0 Å². The van der Waals surface area contributed by atoms with Gasteiger partial charge in [0.05, 0.1) is 18.6 Å². The van der Waals surface area contributed by atoms with E-state index < -0.39 is 0 Å². The van der Waals surface area contributed by atoms with E-state index in [9.17, 15) is 9.59 Å². The van der Waals surface area contributed by atoms with Crippen LogP contribution in [0.15, 0.2) is 36.6 Å². The second-order valence-corrected chi connectivity index (χ2v) is 6.76. The summed E-state index contributed by atoms with van der Waals surface area (Å²) >= 11 is 1.55. The summed E-state index contributed by atoms with van der Waals surface area (Å²) in [6.45, 7) is 2.21. The molecule has 0 aromatic carbocycles. The number of pyridine rings is 1. The van der Waals surface area contributed by atoms with Gasteiger partial charge in [-0.05, 0) is 38.2 Å². The topological polar surface area (TPSA) is 87.0 Å². The Balaban J connectivity index is 1.97. The number of aromatic nitrogens is 4. The molecule has 1 fully saturated rings. The molecule has 3 rings (SSSR count). The molecule has 26 heavy (non-hydrogen) atoms. The summed E-state index contributed by atoms with van der Waals surface area (Å²) < 4.78 is 6.80. The Bertz CT molecular complexity index is 829. The molecule has 2 aromatic heterocycles. The van der Waals surface area contributed by atoms with E-state index >= 15 is 0 Å². The molecule has 0 atom stereocenters. The standard InChI is InChI=1S/C18H20N4O3S/c1-3-25-8-14(17(23)12-4-5-12)18(24)13-6-7-16(21-15(13)9-26-2)22-11-19-10-20-22/h6-8,10-12H,3-5,9H2,1-2H3/b14-8+. The first-order valence-corrected chi connectivity index (χ1v) is 9.79. The molecule has 0 saturated heterocycles. The van der Waals surface area contributed by atoms with E-state index in [-0.39, 0.29) is 23.1 Å². The molecule has 0 spiro atoms. The highest BCUT2D eigenvalue weighted by molar-refractivity contribution is 7.97. The van der Waals surface area contributed by atoms with Gasteiger partial charge in [-0.2, -0.15) is 16.9 Å². The molecule has 1 aliphatic carbocycles. The highest BCUT2D eigenvalue weighted by Gasteiger charge is 2.35. The summed E-state index contributed by atoms with van der Waals surface area (Å²) in [5.41, 5.74) is 1.14. The Hall–Kier alpha value is -2.48. The number of carbonyl (C=O) groups is 2. The molecule has 136 valence electrons. The van der Waals surface area contributed by atoms with Crippen LogP contribution in [0.4, 0.5) is 0 Å². The van der Waals surface area contributed by atoms with Crippen molar-refractivity contribution in [1.82, 2.24) is 19.7 Å². The average molecular weight is 372 g/mol. The van der Waals surface area contributed by atoms with E-state index in [1.165, 1.54) is 17.3 Å². The first-order valence-electron chi connectivity index (χ1n) is 8.40. The van der Waals surface area contributed by atoms with Crippen LogP contribution in [0.5, 0.6) is 0 Å². The van der Waals surface area contributed by atoms with Crippen LogP contribution < -0.4 is 0 Å². The predicted molar refractivity (Wildman–Crippen MR) is 98.1 cm³/mol. The molecule has 0 aliphatic heterocycles. The number of ketones is 2. The Morgan fingerprint density at radius 2 is 2.19 bits per heavy atom. The fourth-order valence-corrected chi connectivity index (χ4v) is 2.99. The van der Waals surface area contributed by atoms with Crippen LogP contribution in [-0.2, 0) is 15.3 Å². The zero-order valence-electron chi connectivity index (χ0n) is 14.7. The van der Waals surface area contributed by atoms with Gasteiger partial charge in [0.2, 0.25) is 5.78 Å². The molecule has 1 saturated carbocycles. The molecule has 0 unspecified atom stereocenters. The molecule has 1 aliphatic rings. The van der Waals surface area contributed by atoms with Gasteiger partial charge in [0.15, 0.2) is 11.6 Å². The monoisotopic (exact) mass is 372 g/mol. The quantitative estimate of drug-likeness (QED) is 0.220. The van der Waals surface area contributed by atoms with Crippen molar-refractivity contribution in [1.29, 1.82) is 0 Å². The fraction of sp³-hybridized carbons (Fsp3) is 0.389. The Labute approximate surface area is 155 Å². The summed E-state index contributed by atoms with van der Waals surface area (Å²) in [6.07, 6.45) is 7.87. The second-order valence-electron chi connectivity index (χ2n) is 5.89. The summed E-state index contributed by atoms with van der Waals surface area (Å²) in [7, 11) is 0. The van der Waals surface area contributed by atoms with Gasteiger partial charge in [-0.3, -0.25) is 9.59 Å². The zero-order valence-corrected chi connectivity index (χ0v) is 15.5. The van der Waals surface area contributed by atoms with Crippen molar-refractivity contribution >= 4 is 23.3 Å². The molecule has 0 N–H and O–H groups in total. The van der Waals surface area contributed by atoms with Gasteiger partial charge < -0.3 is 4.74 Å². The Kier molecular flexibility index (Phi) is 5.82. The van der Waals surface area contributed by atoms with Gasteiger partial charge in [-0.25, -0.2) is 14.6 Å². The van der Waals surface area contributed by atoms with Crippen LogP contribution in [0.1, 0.15) is 35.8 Å². The third-order valence-electron chi connectivity index (χ3n) is 3.96. The van der Waals surface area contributed by atoms with E-state index in [2.05, 4.69) is 15.1 Å². The van der Waals surface area contributed by atoms with Crippen molar-refractivity contribution in [3.05, 3.63) is 47.9 Å². The summed E-state index contributed by atoms with van der Waals surface area (Å²) in [5, 5.41) is 4.06. The summed E-state index contributed by atoms with van der Waals surface area (Å²) in [5.74, 6) is 0.586. The van der Waals surface area contributed by atoms with Gasteiger partial charge in [-0.15, -0.1) is 0 Å². The second kappa shape index (κ2) is 8.27. The van der Waals surface area contributed by atoms with Crippen molar-refractivity contribution in [2.45, 2.75) is 25.5 Å². The number of hydrogen-bond donors (Lipinski definition) is 0. The smallest absolute Gasteiger partial charge is 0.201 e. The van der Waals surface area contributed by atoms with Gasteiger partial charge >= 0.3 is 0 Å². The molecule has 2 aromatic rings. The maximum absolute atomic E-state index is 13.1. The number of Topliss-reactive ketones (excluding diaryl/α,β-unsaturated/α-hetero) is 2. The number of ether oxygens (including phenoxy) is 1. The van der Waals surface area contributed by atoms with Crippen molar-refractivity contribution in [3.63, 3.8) is 0 Å². The van der Waals surface area contributed by atoms with Gasteiger partial charge in [0.25, 0.3) is 0 Å². The van der Waals surface area contributed by atoms with E-state index in [1.807, 2.05) is 13.2 Å². The van der Waals surface area contributed by atoms with E-state index in [0.717, 1.165) is 12.8 Å². The minimum Gasteiger partial charge on any atom is -0.501 e. The highest BCUT2D eigenvalue weighted by atomic mass is 32.2. The lowest BCUT2D eigenvalue weighted by atomic mass is 9.98. The first kappa shape index (κ1) is 18.3. The van der Waals surface area contributed by atoms with Crippen molar-refractivity contribution < 1.29 is 14.3 Å². The van der Waals surface area contributed by atoms with E-state index in [0.29, 0.717) is 29.4 Å². The number of thioether (sulfide) groups is 1. The molecule has 2 heterocycles. The maximum atomic E-state index is 13.1. The molecule has 0 radical (unpaired) electrons. The SMILES string of the molecule is CCO/C=C(/C(=O)c1ccc(-n2cncn2)nc1CSC)C(=O)C1CC1. The lowest BCUT2D eigenvalue weighted by Gasteiger charge is -2.11. The zero-order chi connectivity index (χ0) is 18.5. The van der Waals surface area contributed by atoms with Crippen LogP contribution in [0.3, 0.4) is 0 Å². The number of allylic oxidation sites excluding steroid dienone is 1. The maximum Gasteiger partial charge on any atom is 0.201 e. The minimum atomic E-state index is -0.336. The van der Waals surface area contributed by atoms with Crippen LogP contribution >= 0.6 is 11.8 Å². The number of nitrogens with zero attached hydrogens (tertiary/aromatic N) is 4. The van der Waals surface area contributed by atoms with Gasteiger partial charge in [0.1, 0.15) is 18.2 Å². The fourth-order valence-electron chi connectivity index (χ4n) is 2.50. The largest absolute Gasteiger partial charge is 0.501 e. The van der Waals surface area contributed by atoms with Crippen LogP contribution in [-0.4, -0.2) is 44.2 Å². The highest BCUT2D eigenvalue weighted by Crippen LogP contribution is 2.33. The van der Waals surface area contributed by atoms with Crippen molar-refractivity contribution in [2.24, 2.45) is 5.92 Å². The molecular weight excluding hydrogens is 352 g/mol. The average Bonchev–Trinajstić information content (AvgIpc) is 3.36. The number of rotatable bonds is 9. The summed E-state index contributed by atoms with van der Waals surface area (Å²) in [4.78, 5) is 34.1. The van der Waals surface area contributed by atoms with Crippen molar-refractivity contribution in [2.75, 3.05) is 12.9 Å². The van der Waals surface area contributed by atoms with Crippen LogP contribution in [0.2, 0.25) is 0 Å². The number of hydrogen-bond acceptors (Lipinski definition) is 7. The molecule has 8 heteroatoms. The van der Waals surface area contributed by atoms with Crippen LogP contribution in [0.25, 0.3) is 5.82 Å². The first-order chi connectivity index (χ1) is 12.7. The summed E-state index contributed by atoms with van der Waals surface area (Å²) in [6, 6.07) is 3.39. The number of carbonyl (C=O) groups excluding carboxylic acids is 2. The molecule has 7 nitrogen and oxygen atoms in total. The predicted octanol–water partition coefficient (Wildman–Crippen LogP) is 2.61. The normalized spacial score (nSPS) is 14.3. The van der Waals surface area contributed by atoms with Gasteiger partial charge in [0, 0.05) is 17.2 Å². The lowest BCUT2D eigenvalue weighted by Crippen LogP contribution is -2.18. The minimum absolute atomic E-state index is 0.0583.